The predicted octanol–water partition coefficient (Wildman–Crippen LogP) is 6.54. The van der Waals surface area contributed by atoms with Crippen molar-refractivity contribution in [1.82, 2.24) is 0 Å². The molecule has 4 rings (SSSR count). The second kappa shape index (κ2) is 9.45. The van der Waals surface area contributed by atoms with Gasteiger partial charge in [-0.3, -0.25) is 0 Å². The van der Waals surface area contributed by atoms with Crippen molar-refractivity contribution in [2.24, 2.45) is 22.7 Å². The number of fused-ring (bicyclic) bond motifs is 1. The number of halogens is 6. The van der Waals surface area contributed by atoms with Crippen LogP contribution in [0.5, 0.6) is 0 Å². The summed E-state index contributed by atoms with van der Waals surface area (Å²) in [5.74, 6) is 0.495. The molecule has 4 aliphatic rings. The molecule has 0 aromatic rings. The van der Waals surface area contributed by atoms with Crippen LogP contribution in [0, 0.1) is 22.7 Å². The Morgan fingerprint density at radius 1 is 0.917 bits per heavy atom. The van der Waals surface area contributed by atoms with Crippen LogP contribution in [0.1, 0.15) is 77.6 Å². The van der Waals surface area contributed by atoms with E-state index in [-0.39, 0.29) is 29.2 Å². The Bertz CT molecular complexity index is 887. The van der Waals surface area contributed by atoms with Gasteiger partial charge in [-0.25, -0.2) is 0 Å². The van der Waals surface area contributed by atoms with Crippen molar-refractivity contribution in [3.05, 3.63) is 35.5 Å². The molecule has 0 heterocycles. The smallest absolute Gasteiger partial charge is 0.393 e. The molecule has 0 bridgehead atoms. The van der Waals surface area contributed by atoms with Crippen molar-refractivity contribution in [3.63, 3.8) is 0 Å². The Morgan fingerprint density at radius 3 is 2.08 bits per heavy atom. The molecule has 3 N–H and O–H groups in total. The van der Waals surface area contributed by atoms with Gasteiger partial charge in [0.25, 0.3) is 5.60 Å². The minimum atomic E-state index is -5.84. The Morgan fingerprint density at radius 2 is 1.53 bits per heavy atom. The van der Waals surface area contributed by atoms with Gasteiger partial charge in [-0.2, -0.15) is 26.3 Å². The van der Waals surface area contributed by atoms with Crippen LogP contribution in [-0.4, -0.2) is 45.5 Å². The van der Waals surface area contributed by atoms with Crippen molar-refractivity contribution in [1.29, 1.82) is 0 Å². The van der Waals surface area contributed by atoms with Gasteiger partial charge in [0.15, 0.2) is 0 Å². The number of aliphatic hydroxyl groups excluding tert-OH is 2. The van der Waals surface area contributed by atoms with Crippen molar-refractivity contribution in [2.45, 2.75) is 108 Å². The molecule has 0 spiro atoms. The highest BCUT2D eigenvalue weighted by Crippen LogP contribution is 2.69. The maximum absolute atomic E-state index is 13.1. The average Bonchev–Trinajstić information content (AvgIpc) is 3.42. The Kier molecular flexibility index (Phi) is 7.28. The van der Waals surface area contributed by atoms with E-state index in [2.05, 4.69) is 13.0 Å². The summed E-state index contributed by atoms with van der Waals surface area (Å²) in [5, 5.41) is 29.4. The molecule has 9 heteroatoms. The fourth-order valence-corrected chi connectivity index (χ4v) is 7.45. The van der Waals surface area contributed by atoms with Gasteiger partial charge in [-0.05, 0) is 99.4 Å². The van der Waals surface area contributed by atoms with Crippen LogP contribution < -0.4 is 0 Å². The largest absolute Gasteiger partial charge is 0.429 e. The Labute approximate surface area is 208 Å². The van der Waals surface area contributed by atoms with E-state index < -0.39 is 30.2 Å². The van der Waals surface area contributed by atoms with E-state index in [9.17, 15) is 41.7 Å². The summed E-state index contributed by atoms with van der Waals surface area (Å²) in [6.07, 6.45) is -0.0501. The summed E-state index contributed by atoms with van der Waals surface area (Å²) in [6.45, 7) is 2.22. The normalized spacial score (nSPS) is 36.4. The second-order valence-electron chi connectivity index (χ2n) is 11.8. The van der Waals surface area contributed by atoms with Crippen LogP contribution in [0.15, 0.2) is 35.5 Å². The number of alkyl halides is 6. The summed E-state index contributed by atoms with van der Waals surface area (Å²) in [4.78, 5) is 0. The maximum atomic E-state index is 13.1. The summed E-state index contributed by atoms with van der Waals surface area (Å²) in [6, 6.07) is 0. The van der Waals surface area contributed by atoms with Crippen LogP contribution in [0.2, 0.25) is 0 Å². The molecule has 0 aromatic carbocycles. The number of hydrogen-bond donors (Lipinski definition) is 3. The zero-order valence-electron chi connectivity index (χ0n) is 20.5. The lowest BCUT2D eigenvalue weighted by molar-refractivity contribution is -0.347. The molecule has 0 aliphatic heterocycles. The number of aliphatic hydroxyl groups is 3. The highest BCUT2D eigenvalue weighted by atomic mass is 19.4. The fourth-order valence-electron chi connectivity index (χ4n) is 7.45. The first-order chi connectivity index (χ1) is 16.6. The first kappa shape index (κ1) is 27.7. The first-order valence-corrected chi connectivity index (χ1v) is 12.9. The second-order valence-corrected chi connectivity index (χ2v) is 11.8. The Hall–Kier alpha value is -1.32. The van der Waals surface area contributed by atoms with Crippen molar-refractivity contribution >= 4 is 0 Å². The molecule has 4 aliphatic carbocycles. The third-order valence-corrected chi connectivity index (χ3v) is 9.42. The zero-order valence-corrected chi connectivity index (χ0v) is 20.5. The molecule has 204 valence electrons. The van der Waals surface area contributed by atoms with Crippen LogP contribution in [0.4, 0.5) is 26.3 Å². The van der Waals surface area contributed by atoms with E-state index in [0.717, 1.165) is 56.6 Å². The van der Waals surface area contributed by atoms with E-state index in [0.29, 0.717) is 25.2 Å². The average molecular weight is 523 g/mol. The summed E-state index contributed by atoms with van der Waals surface area (Å²) in [5.41, 5.74) is -2.92. The lowest BCUT2D eigenvalue weighted by atomic mass is 9.59. The van der Waals surface area contributed by atoms with Gasteiger partial charge in [-0.15, -0.1) is 0 Å². The van der Waals surface area contributed by atoms with E-state index in [1.165, 1.54) is 5.57 Å². The predicted molar refractivity (Wildman–Crippen MR) is 123 cm³/mol. The van der Waals surface area contributed by atoms with Gasteiger partial charge in [0, 0.05) is 0 Å². The summed E-state index contributed by atoms with van der Waals surface area (Å²) in [7, 11) is 0. The molecule has 5 atom stereocenters. The van der Waals surface area contributed by atoms with Gasteiger partial charge in [0.2, 0.25) is 0 Å². The van der Waals surface area contributed by atoms with E-state index in [4.69, 9.17) is 0 Å². The van der Waals surface area contributed by atoms with Gasteiger partial charge in [-0.1, -0.05) is 36.3 Å². The first-order valence-electron chi connectivity index (χ1n) is 12.9. The maximum Gasteiger partial charge on any atom is 0.429 e. The summed E-state index contributed by atoms with van der Waals surface area (Å²) < 4.78 is 78.3. The van der Waals surface area contributed by atoms with Crippen LogP contribution in [-0.2, 0) is 0 Å². The molecule has 0 saturated heterocycles. The molecule has 0 amide bonds. The standard InChI is InChI=1S/C27H36F6O3/c1-23-9-2-4-18(6-5-17-14-19(34)16-20(35)15-17)21(23)7-8-22(23)24(12-13-24)10-3-11-25(36,26(28,29)30)27(31,32)33/h3,5-6,11,19-22,34-36H,2,4,7-10,12-16H2,1H3/b11-3+,18-6-/t19-,20-,21?,22?,23+/m1/s1. The van der Waals surface area contributed by atoms with Crippen LogP contribution in [0.3, 0.4) is 0 Å². The monoisotopic (exact) mass is 522 g/mol. The van der Waals surface area contributed by atoms with Crippen molar-refractivity contribution < 1.29 is 41.7 Å². The van der Waals surface area contributed by atoms with E-state index in [1.807, 2.05) is 6.08 Å². The molecule has 0 aromatic heterocycles. The minimum absolute atomic E-state index is 0.0805. The number of allylic oxidation sites excluding steroid dienone is 4. The quantitative estimate of drug-likeness (QED) is 0.284. The molecular weight excluding hydrogens is 486 g/mol. The SMILES string of the molecule is C[C@]12CCC/C(=C/C=C3C[C@@H](O)C[C@H](O)C3)C1CCC2C1(C/C=C/C(O)(C(F)(F)F)C(F)(F)F)CC1. The molecule has 2 unspecified atom stereocenters. The number of hydrogen-bond acceptors (Lipinski definition) is 3. The van der Waals surface area contributed by atoms with Crippen LogP contribution in [0.25, 0.3) is 0 Å². The fraction of sp³-hybridized carbons (Fsp3) is 0.778. The third kappa shape index (κ3) is 5.04. The molecule has 3 nitrogen and oxygen atoms in total. The molecule has 36 heavy (non-hydrogen) atoms. The lowest BCUT2D eigenvalue weighted by Crippen LogP contribution is -2.55. The van der Waals surface area contributed by atoms with Gasteiger partial charge in [0.05, 0.1) is 12.2 Å². The summed E-state index contributed by atoms with van der Waals surface area (Å²) >= 11 is 0. The third-order valence-electron chi connectivity index (χ3n) is 9.42. The van der Waals surface area contributed by atoms with Crippen molar-refractivity contribution in [2.75, 3.05) is 0 Å². The molecular formula is C27H36F6O3. The van der Waals surface area contributed by atoms with E-state index in [1.54, 1.807) is 0 Å². The van der Waals surface area contributed by atoms with Gasteiger partial charge >= 0.3 is 12.4 Å². The molecule has 0 radical (unpaired) electrons. The molecule has 4 fully saturated rings. The topological polar surface area (TPSA) is 60.7 Å². The van der Waals surface area contributed by atoms with Gasteiger partial charge in [0.1, 0.15) is 0 Å². The Balaban J connectivity index is 1.50. The lowest BCUT2D eigenvalue weighted by Gasteiger charge is -2.45. The van der Waals surface area contributed by atoms with Crippen molar-refractivity contribution in [3.8, 4) is 0 Å². The highest BCUT2D eigenvalue weighted by Gasteiger charge is 2.69. The van der Waals surface area contributed by atoms with Gasteiger partial charge < -0.3 is 15.3 Å². The highest BCUT2D eigenvalue weighted by molar-refractivity contribution is 5.27. The van der Waals surface area contributed by atoms with Crippen LogP contribution >= 0.6 is 0 Å². The number of rotatable bonds is 5. The zero-order chi connectivity index (χ0) is 26.6. The molecule has 4 saturated carbocycles. The minimum Gasteiger partial charge on any atom is -0.393 e. The van der Waals surface area contributed by atoms with E-state index >= 15 is 0 Å².